The Morgan fingerprint density at radius 2 is 1.82 bits per heavy atom. The molecule has 0 aliphatic carbocycles. The van der Waals surface area contributed by atoms with Crippen LogP contribution in [0.3, 0.4) is 0 Å². The SMILES string of the molecule is CCN(C)c1ccc(N=NC2=N[N+](C)(C)C(C)=CN2C)cc1. The van der Waals surface area contributed by atoms with Crippen molar-refractivity contribution in [3.63, 3.8) is 0 Å². The van der Waals surface area contributed by atoms with Gasteiger partial charge in [-0.05, 0) is 36.3 Å². The number of benzene rings is 1. The van der Waals surface area contributed by atoms with Gasteiger partial charge in [0.05, 0.1) is 26.0 Å². The van der Waals surface area contributed by atoms with Crippen LogP contribution in [0.5, 0.6) is 0 Å². The van der Waals surface area contributed by atoms with E-state index in [4.69, 9.17) is 0 Å². The summed E-state index contributed by atoms with van der Waals surface area (Å²) in [4.78, 5) is 4.06. The lowest BCUT2D eigenvalue weighted by Crippen LogP contribution is -2.40. The molecule has 0 N–H and O–H groups in total. The molecule has 1 aliphatic heterocycles. The van der Waals surface area contributed by atoms with E-state index in [-0.39, 0.29) is 0 Å². The molecule has 1 aromatic rings. The molecular weight excluding hydrogens is 276 g/mol. The van der Waals surface area contributed by atoms with E-state index in [0.717, 1.165) is 17.9 Å². The van der Waals surface area contributed by atoms with E-state index in [1.807, 2.05) is 56.5 Å². The molecule has 0 unspecified atom stereocenters. The minimum Gasteiger partial charge on any atom is -0.375 e. The number of guanidine groups is 1. The van der Waals surface area contributed by atoms with Crippen LogP contribution in [0.15, 0.2) is 51.5 Å². The zero-order valence-electron chi connectivity index (χ0n) is 14.3. The third kappa shape index (κ3) is 3.51. The van der Waals surface area contributed by atoms with Gasteiger partial charge in [-0.1, -0.05) is 0 Å². The van der Waals surface area contributed by atoms with Gasteiger partial charge in [0.2, 0.25) is 0 Å². The molecule has 6 heteroatoms. The minimum absolute atomic E-state index is 0.443. The van der Waals surface area contributed by atoms with Gasteiger partial charge < -0.3 is 9.80 Å². The van der Waals surface area contributed by atoms with Crippen LogP contribution >= 0.6 is 0 Å². The molecule has 1 heterocycles. The molecule has 0 radical (unpaired) electrons. The monoisotopic (exact) mass is 301 g/mol. The molecule has 0 aromatic heterocycles. The normalized spacial score (nSPS) is 17.5. The summed E-state index contributed by atoms with van der Waals surface area (Å²) in [5, 5.41) is 13.2. The first-order chi connectivity index (χ1) is 10.3. The van der Waals surface area contributed by atoms with E-state index in [1.165, 1.54) is 5.69 Å². The number of allylic oxidation sites excluding steroid dienone is 1. The van der Waals surface area contributed by atoms with Crippen molar-refractivity contribution in [3.05, 3.63) is 36.2 Å². The third-order valence-corrected chi connectivity index (χ3v) is 3.92. The molecule has 0 atom stereocenters. The van der Waals surface area contributed by atoms with Gasteiger partial charge in [0.15, 0.2) is 0 Å². The lowest BCUT2D eigenvalue weighted by atomic mass is 10.2. The van der Waals surface area contributed by atoms with Crippen molar-refractivity contribution < 1.29 is 4.59 Å². The Morgan fingerprint density at radius 1 is 1.18 bits per heavy atom. The van der Waals surface area contributed by atoms with Crippen molar-refractivity contribution in [2.24, 2.45) is 15.3 Å². The van der Waals surface area contributed by atoms with Crippen LogP contribution in [0.25, 0.3) is 0 Å². The van der Waals surface area contributed by atoms with Crippen molar-refractivity contribution in [3.8, 4) is 0 Å². The molecule has 6 nitrogen and oxygen atoms in total. The van der Waals surface area contributed by atoms with Gasteiger partial charge in [0, 0.05) is 33.3 Å². The van der Waals surface area contributed by atoms with E-state index in [2.05, 4.69) is 41.1 Å². The van der Waals surface area contributed by atoms with Crippen LogP contribution in [0.4, 0.5) is 11.4 Å². The summed E-state index contributed by atoms with van der Waals surface area (Å²) in [6.45, 7) is 5.15. The van der Waals surface area contributed by atoms with Gasteiger partial charge in [-0.25, -0.2) is 0 Å². The first kappa shape index (κ1) is 16.2. The Morgan fingerprint density at radius 3 is 2.41 bits per heavy atom. The molecule has 0 bridgehead atoms. The summed E-state index contributed by atoms with van der Waals surface area (Å²) in [6.07, 6.45) is 2.03. The molecule has 1 aliphatic rings. The maximum absolute atomic E-state index is 4.59. The van der Waals surface area contributed by atoms with E-state index in [0.29, 0.717) is 10.6 Å². The van der Waals surface area contributed by atoms with Gasteiger partial charge in [0.1, 0.15) is 5.70 Å². The average Bonchev–Trinajstić information content (AvgIpc) is 2.49. The number of quaternary nitrogens is 1. The van der Waals surface area contributed by atoms with Crippen LogP contribution in [-0.2, 0) is 0 Å². The van der Waals surface area contributed by atoms with Crippen molar-refractivity contribution in [2.75, 3.05) is 39.6 Å². The predicted molar refractivity (Wildman–Crippen MR) is 91.0 cm³/mol. The van der Waals surface area contributed by atoms with Crippen LogP contribution in [0, 0.1) is 0 Å². The van der Waals surface area contributed by atoms with Crippen molar-refractivity contribution >= 4 is 17.3 Å². The molecule has 1 aromatic carbocycles. The van der Waals surface area contributed by atoms with Crippen LogP contribution < -0.4 is 4.90 Å². The van der Waals surface area contributed by atoms with Gasteiger partial charge >= 0.3 is 5.96 Å². The summed E-state index contributed by atoms with van der Waals surface area (Å²) >= 11 is 0. The molecule has 0 spiro atoms. The molecule has 22 heavy (non-hydrogen) atoms. The maximum Gasteiger partial charge on any atom is 0.302 e. The Kier molecular flexibility index (Phi) is 4.61. The van der Waals surface area contributed by atoms with E-state index < -0.39 is 0 Å². The molecule has 0 saturated carbocycles. The largest absolute Gasteiger partial charge is 0.375 e. The van der Waals surface area contributed by atoms with Crippen molar-refractivity contribution in [1.82, 2.24) is 4.90 Å². The minimum atomic E-state index is 0.443. The second-order valence-electron chi connectivity index (χ2n) is 5.91. The summed E-state index contributed by atoms with van der Waals surface area (Å²) in [7, 11) is 8.03. The van der Waals surface area contributed by atoms with Crippen molar-refractivity contribution in [1.29, 1.82) is 0 Å². The standard InChI is InChI=1S/C16H25N6/c1-7-20(3)15-10-8-14(9-11-15)17-18-16-19-22(5,6)13(2)12-21(16)4/h8-12H,7H2,1-6H3/q+1. The van der Waals surface area contributed by atoms with Gasteiger partial charge in [-0.2, -0.15) is 4.59 Å². The van der Waals surface area contributed by atoms with E-state index >= 15 is 0 Å². The van der Waals surface area contributed by atoms with Gasteiger partial charge in [-0.15, -0.1) is 10.2 Å². The zero-order chi connectivity index (χ0) is 16.3. The zero-order valence-corrected chi connectivity index (χ0v) is 14.3. The summed E-state index contributed by atoms with van der Waals surface area (Å²) in [6, 6.07) is 8.04. The Balaban J connectivity index is 2.15. The first-order valence-corrected chi connectivity index (χ1v) is 7.42. The summed E-state index contributed by atoms with van der Waals surface area (Å²) in [5.41, 5.74) is 3.14. The number of nitrogens with zero attached hydrogens (tertiary/aromatic N) is 6. The fraction of sp³-hybridized carbons (Fsp3) is 0.438. The highest BCUT2D eigenvalue weighted by atomic mass is 15.6. The number of azo groups is 1. The Bertz CT molecular complexity index is 612. The van der Waals surface area contributed by atoms with Crippen LogP contribution in [-0.4, -0.2) is 50.2 Å². The molecular formula is C16H25N6+. The number of hydrogen-bond donors (Lipinski definition) is 0. The highest BCUT2D eigenvalue weighted by molar-refractivity contribution is 5.81. The third-order valence-electron chi connectivity index (χ3n) is 3.92. The topological polar surface area (TPSA) is 43.6 Å². The first-order valence-electron chi connectivity index (χ1n) is 7.42. The fourth-order valence-electron chi connectivity index (χ4n) is 2.00. The molecule has 0 fully saturated rings. The molecule has 118 valence electrons. The predicted octanol–water partition coefficient (Wildman–Crippen LogP) is 3.38. The van der Waals surface area contributed by atoms with Crippen molar-refractivity contribution in [2.45, 2.75) is 13.8 Å². The number of anilines is 1. The highest BCUT2D eigenvalue weighted by Crippen LogP contribution is 2.21. The lowest BCUT2D eigenvalue weighted by Gasteiger charge is -2.29. The van der Waals surface area contributed by atoms with Crippen LogP contribution in [0.2, 0.25) is 0 Å². The number of rotatable bonds is 3. The maximum atomic E-state index is 4.59. The highest BCUT2D eigenvalue weighted by Gasteiger charge is 2.26. The van der Waals surface area contributed by atoms with Crippen LogP contribution in [0.1, 0.15) is 13.8 Å². The average molecular weight is 301 g/mol. The fourth-order valence-corrected chi connectivity index (χ4v) is 2.00. The molecule has 0 saturated heterocycles. The summed E-state index contributed by atoms with van der Waals surface area (Å²) < 4.78 is 0.443. The Hall–Kier alpha value is -2.21. The summed E-state index contributed by atoms with van der Waals surface area (Å²) in [5.74, 6) is 0.602. The quantitative estimate of drug-likeness (QED) is 0.634. The smallest absolute Gasteiger partial charge is 0.302 e. The van der Waals surface area contributed by atoms with Gasteiger partial charge in [0.25, 0.3) is 0 Å². The molecule has 0 amide bonds. The second kappa shape index (κ2) is 6.27. The Labute approximate surface area is 132 Å². The number of hydrogen-bond acceptors (Lipinski definition) is 5. The lowest BCUT2D eigenvalue weighted by molar-refractivity contribution is -0.860. The van der Waals surface area contributed by atoms with Gasteiger partial charge in [-0.3, -0.25) is 0 Å². The second-order valence-corrected chi connectivity index (χ2v) is 5.91. The molecule has 2 rings (SSSR count). The van der Waals surface area contributed by atoms with E-state index in [9.17, 15) is 0 Å². The van der Waals surface area contributed by atoms with E-state index in [1.54, 1.807) is 0 Å².